The average Bonchev–Trinajstić information content (AvgIpc) is 2.63. The Morgan fingerprint density at radius 3 is 2.44 bits per heavy atom. The monoisotopic (exact) mass is 346 g/mol. The first-order valence-corrected chi connectivity index (χ1v) is 8.91. The van der Waals surface area contributed by atoms with E-state index in [0.717, 1.165) is 37.2 Å². The van der Waals surface area contributed by atoms with Crippen LogP contribution < -0.4 is 9.47 Å². The number of fused-ring (bicyclic) bond motifs is 3. The van der Waals surface area contributed by atoms with Crippen molar-refractivity contribution in [3.8, 4) is 22.6 Å². The van der Waals surface area contributed by atoms with E-state index in [1.54, 1.807) is 12.1 Å². The Kier molecular flexibility index (Phi) is 4.14. The lowest BCUT2D eigenvalue weighted by atomic mass is 9.78. The third-order valence-electron chi connectivity index (χ3n) is 5.66. The van der Waals surface area contributed by atoms with Gasteiger partial charge in [-0.3, -0.25) is 0 Å². The Morgan fingerprint density at radius 2 is 1.72 bits per heavy atom. The van der Waals surface area contributed by atoms with Gasteiger partial charge in [0.1, 0.15) is 12.4 Å². The van der Waals surface area contributed by atoms with Gasteiger partial charge in [0.15, 0.2) is 11.5 Å². The summed E-state index contributed by atoms with van der Waals surface area (Å²) < 4.78 is 40.2. The molecule has 0 N–H and O–H groups in total. The van der Waals surface area contributed by atoms with Crippen LogP contribution in [0.3, 0.4) is 0 Å². The highest BCUT2D eigenvalue weighted by molar-refractivity contribution is 5.77. The Hall–Kier alpha value is -2.10. The molecule has 0 bridgehead atoms. The second kappa shape index (κ2) is 6.32. The van der Waals surface area contributed by atoms with Crippen molar-refractivity contribution in [2.24, 2.45) is 5.92 Å². The molecule has 0 radical (unpaired) electrons. The van der Waals surface area contributed by atoms with E-state index in [4.69, 9.17) is 9.47 Å². The summed E-state index contributed by atoms with van der Waals surface area (Å²) in [6.07, 6.45) is 4.34. The highest BCUT2D eigenvalue weighted by atomic mass is 19.1. The fourth-order valence-corrected chi connectivity index (χ4v) is 4.11. The number of ether oxygens (including phenoxy) is 2. The lowest BCUT2D eigenvalue weighted by molar-refractivity contribution is 0.272. The predicted molar refractivity (Wildman–Crippen MR) is 95.2 cm³/mol. The van der Waals surface area contributed by atoms with E-state index >= 15 is 4.39 Å². The molecule has 25 heavy (non-hydrogen) atoms. The van der Waals surface area contributed by atoms with E-state index in [-0.39, 0.29) is 31.3 Å². The van der Waals surface area contributed by atoms with Gasteiger partial charge in [0.05, 0.1) is 7.11 Å². The van der Waals surface area contributed by atoms with Gasteiger partial charge in [-0.2, -0.15) is 4.39 Å². The number of halogens is 2. The maximum absolute atomic E-state index is 15.2. The normalized spacial score (nSPS) is 21.9. The molecule has 0 unspecified atom stereocenters. The van der Waals surface area contributed by atoms with E-state index in [0.29, 0.717) is 16.7 Å². The van der Waals surface area contributed by atoms with E-state index in [1.807, 2.05) is 12.1 Å². The zero-order chi connectivity index (χ0) is 17.6. The number of rotatable bonds is 2. The minimum Gasteiger partial charge on any atom is -0.494 e. The van der Waals surface area contributed by atoms with Crippen LogP contribution in [0, 0.1) is 17.6 Å². The molecule has 0 saturated heterocycles. The van der Waals surface area contributed by atoms with Gasteiger partial charge in [0, 0.05) is 12.6 Å². The first kappa shape index (κ1) is 16.4. The quantitative estimate of drug-likeness (QED) is 0.657. The van der Waals surface area contributed by atoms with Crippen molar-refractivity contribution in [1.82, 2.24) is 0 Å². The molecular formula is C21H24F2O2. The zero-order valence-electron chi connectivity index (χ0n) is 14.6. The molecule has 0 aromatic heterocycles. The number of methoxy groups -OCH3 is 1. The van der Waals surface area contributed by atoms with Gasteiger partial charge in [0.2, 0.25) is 5.82 Å². The van der Waals surface area contributed by atoms with Gasteiger partial charge in [-0.1, -0.05) is 31.9 Å². The summed E-state index contributed by atoms with van der Waals surface area (Å²) in [4.78, 5) is 0. The maximum Gasteiger partial charge on any atom is 0.207 e. The first-order valence-electron chi connectivity index (χ1n) is 8.91. The second-order valence-corrected chi connectivity index (χ2v) is 7.20. The summed E-state index contributed by atoms with van der Waals surface area (Å²) in [5.74, 6) is 0.567. The maximum atomic E-state index is 15.2. The Bertz CT molecular complexity index is 814. The van der Waals surface area contributed by atoms with Crippen LogP contribution in [0.2, 0.25) is 0 Å². The molecule has 4 heteroatoms. The molecule has 1 fully saturated rings. The van der Waals surface area contributed by atoms with Crippen LogP contribution in [0.4, 0.5) is 8.78 Å². The highest BCUT2D eigenvalue weighted by Crippen LogP contribution is 2.45. The van der Waals surface area contributed by atoms with E-state index in [2.05, 4.69) is 6.92 Å². The van der Waals surface area contributed by atoms with Gasteiger partial charge >= 0.3 is 0 Å². The molecule has 0 spiro atoms. The Balaban J connectivity index is 0.00000196. The van der Waals surface area contributed by atoms with Crippen LogP contribution >= 0.6 is 0 Å². The van der Waals surface area contributed by atoms with Crippen molar-refractivity contribution in [1.29, 1.82) is 0 Å². The van der Waals surface area contributed by atoms with Crippen molar-refractivity contribution in [2.45, 2.75) is 45.1 Å². The van der Waals surface area contributed by atoms with Crippen LogP contribution in [0.5, 0.6) is 11.5 Å². The summed E-state index contributed by atoms with van der Waals surface area (Å²) in [7, 11) is 1.42. The van der Waals surface area contributed by atoms with Crippen LogP contribution in [-0.2, 0) is 6.61 Å². The highest BCUT2D eigenvalue weighted by Gasteiger charge is 2.29. The SMILES string of the molecule is COc1ccc2c(c1F)OCc1c-2ccc(C2CCC(C)CC2)c1F.[HH]. The standard InChI is InChI=1S/C21H22F2O2.H2/c1-12-3-5-13(6-4-12)14-7-8-15-16-9-10-18(24-2)20(23)21(16)25-11-17(15)19(14)22;/h7-10,12-13H,3-6,11H2,1-2H3;1H. The molecular weight excluding hydrogens is 322 g/mol. The van der Waals surface area contributed by atoms with Crippen LogP contribution in [-0.4, -0.2) is 7.11 Å². The molecule has 1 heterocycles. The van der Waals surface area contributed by atoms with Gasteiger partial charge in [-0.15, -0.1) is 0 Å². The fourth-order valence-electron chi connectivity index (χ4n) is 4.11. The largest absolute Gasteiger partial charge is 0.494 e. The minimum absolute atomic E-state index is 0. The first-order chi connectivity index (χ1) is 12.1. The van der Waals surface area contributed by atoms with E-state index in [9.17, 15) is 4.39 Å². The lowest BCUT2D eigenvalue weighted by Crippen LogP contribution is -2.15. The molecule has 0 amide bonds. The molecule has 2 nitrogen and oxygen atoms in total. The molecule has 1 aliphatic carbocycles. The Labute approximate surface area is 148 Å². The summed E-state index contributed by atoms with van der Waals surface area (Å²) >= 11 is 0. The number of hydrogen-bond donors (Lipinski definition) is 0. The van der Waals surface area contributed by atoms with Gasteiger partial charge in [-0.25, -0.2) is 4.39 Å². The molecule has 4 rings (SSSR count). The zero-order valence-corrected chi connectivity index (χ0v) is 14.6. The molecule has 0 atom stereocenters. The second-order valence-electron chi connectivity index (χ2n) is 7.20. The van der Waals surface area contributed by atoms with Gasteiger partial charge < -0.3 is 9.47 Å². The minimum atomic E-state index is -0.531. The van der Waals surface area contributed by atoms with Gasteiger partial charge in [-0.05, 0) is 47.9 Å². The van der Waals surface area contributed by atoms with Crippen molar-refractivity contribution in [3.63, 3.8) is 0 Å². The van der Waals surface area contributed by atoms with Crippen LogP contribution in [0.15, 0.2) is 24.3 Å². The number of hydrogen-bond acceptors (Lipinski definition) is 2. The number of benzene rings is 2. The molecule has 134 valence electrons. The molecule has 2 aromatic rings. The van der Waals surface area contributed by atoms with Crippen molar-refractivity contribution < 1.29 is 19.7 Å². The topological polar surface area (TPSA) is 18.5 Å². The molecule has 2 aromatic carbocycles. The summed E-state index contributed by atoms with van der Waals surface area (Å²) in [5.41, 5.74) is 2.62. The van der Waals surface area contributed by atoms with E-state index < -0.39 is 5.82 Å². The third kappa shape index (κ3) is 2.68. The third-order valence-corrected chi connectivity index (χ3v) is 5.66. The van der Waals surface area contributed by atoms with Crippen molar-refractivity contribution in [2.75, 3.05) is 7.11 Å². The predicted octanol–water partition coefficient (Wildman–Crippen LogP) is 6.07. The van der Waals surface area contributed by atoms with Gasteiger partial charge in [0.25, 0.3) is 0 Å². The molecule has 1 saturated carbocycles. The summed E-state index contributed by atoms with van der Waals surface area (Å²) in [6.45, 7) is 2.31. The summed E-state index contributed by atoms with van der Waals surface area (Å²) in [6, 6.07) is 7.09. The van der Waals surface area contributed by atoms with Crippen molar-refractivity contribution in [3.05, 3.63) is 47.0 Å². The van der Waals surface area contributed by atoms with E-state index in [1.165, 1.54) is 7.11 Å². The summed E-state index contributed by atoms with van der Waals surface area (Å²) in [5, 5.41) is 0. The average molecular weight is 346 g/mol. The van der Waals surface area contributed by atoms with Crippen LogP contribution in [0.25, 0.3) is 11.1 Å². The van der Waals surface area contributed by atoms with Crippen molar-refractivity contribution >= 4 is 0 Å². The fraction of sp³-hybridized carbons (Fsp3) is 0.429. The smallest absolute Gasteiger partial charge is 0.207 e. The lowest BCUT2D eigenvalue weighted by Gasteiger charge is -2.29. The van der Waals surface area contributed by atoms with Crippen LogP contribution in [0.1, 0.15) is 51.1 Å². The molecule has 1 aliphatic heterocycles. The molecule has 2 aliphatic rings. The Morgan fingerprint density at radius 1 is 1.00 bits per heavy atom.